The van der Waals surface area contributed by atoms with Gasteiger partial charge in [0.05, 0.1) is 4.90 Å². The molecule has 0 aliphatic heterocycles. The first-order valence-electron chi connectivity index (χ1n) is 8.37. The van der Waals surface area contributed by atoms with Crippen LogP contribution in [-0.2, 0) is 14.6 Å². The molecule has 0 aliphatic rings. The van der Waals surface area contributed by atoms with E-state index in [1.807, 2.05) is 19.9 Å². The topological polar surface area (TPSA) is 76.1 Å². The maximum atomic E-state index is 12.9. The molecule has 0 radical (unpaired) electrons. The number of nitrogens with one attached hydrogen (secondary N) is 1. The fourth-order valence-corrected chi connectivity index (χ4v) is 3.93. The minimum absolute atomic E-state index is 0.0465. The number of pyridine rings is 1. The number of benzene rings is 1. The van der Waals surface area contributed by atoms with Crippen molar-refractivity contribution >= 4 is 33.2 Å². The van der Waals surface area contributed by atoms with Crippen molar-refractivity contribution in [2.75, 3.05) is 5.32 Å². The van der Waals surface area contributed by atoms with Crippen LogP contribution in [0.15, 0.2) is 47.5 Å². The summed E-state index contributed by atoms with van der Waals surface area (Å²) in [7, 11) is -3.91. The zero-order chi connectivity index (χ0) is 19.5. The van der Waals surface area contributed by atoms with Gasteiger partial charge in [-0.15, -0.1) is 0 Å². The Hall–Kier alpha value is -1.92. The summed E-state index contributed by atoms with van der Waals surface area (Å²) in [6, 6.07) is 9.46. The van der Waals surface area contributed by atoms with Crippen LogP contribution in [0.1, 0.15) is 45.6 Å². The Morgan fingerprint density at radius 2 is 1.85 bits per heavy atom. The van der Waals surface area contributed by atoms with Gasteiger partial charge >= 0.3 is 0 Å². The summed E-state index contributed by atoms with van der Waals surface area (Å²) >= 11 is 5.82. The van der Waals surface area contributed by atoms with E-state index in [2.05, 4.69) is 10.3 Å². The molecule has 0 aliphatic carbocycles. The Bertz CT molecular complexity index is 893. The van der Waals surface area contributed by atoms with Crippen molar-refractivity contribution in [3.05, 3.63) is 53.2 Å². The first kappa shape index (κ1) is 20.4. The van der Waals surface area contributed by atoms with Gasteiger partial charge in [-0.1, -0.05) is 31.5 Å². The lowest BCUT2D eigenvalue weighted by atomic mass is 9.99. The Labute approximate surface area is 159 Å². The van der Waals surface area contributed by atoms with E-state index >= 15 is 0 Å². The van der Waals surface area contributed by atoms with Gasteiger partial charge in [-0.3, -0.25) is 4.79 Å². The van der Waals surface area contributed by atoms with E-state index in [0.29, 0.717) is 10.8 Å². The second-order valence-corrected chi connectivity index (χ2v) is 9.61. The zero-order valence-corrected chi connectivity index (χ0v) is 16.9. The molecule has 1 aromatic carbocycles. The van der Waals surface area contributed by atoms with Crippen LogP contribution in [0.5, 0.6) is 0 Å². The van der Waals surface area contributed by atoms with Crippen molar-refractivity contribution < 1.29 is 13.2 Å². The second-order valence-electron chi connectivity index (χ2n) is 6.67. The predicted molar refractivity (Wildman–Crippen MR) is 104 cm³/mol. The van der Waals surface area contributed by atoms with E-state index in [-0.39, 0.29) is 10.8 Å². The molecule has 0 saturated carbocycles. The molecule has 140 valence electrons. The number of rotatable bonds is 6. The molecular weight excluding hydrogens is 372 g/mol. The highest BCUT2D eigenvalue weighted by Gasteiger charge is 2.43. The highest BCUT2D eigenvalue weighted by molar-refractivity contribution is 7.93. The number of carbonyl (C=O) groups excluding carboxylic acids is 1. The van der Waals surface area contributed by atoms with Crippen LogP contribution < -0.4 is 5.32 Å². The first-order chi connectivity index (χ1) is 12.1. The molecule has 2 aromatic rings. The van der Waals surface area contributed by atoms with E-state index in [1.165, 1.54) is 38.1 Å². The number of anilines is 1. The van der Waals surface area contributed by atoms with Gasteiger partial charge in [0, 0.05) is 11.2 Å². The number of halogens is 1. The third kappa shape index (κ3) is 3.91. The Balaban J connectivity index is 2.35. The smallest absolute Gasteiger partial charge is 0.246 e. The first-order valence-corrected chi connectivity index (χ1v) is 10.2. The molecule has 0 saturated heterocycles. The third-order valence-electron chi connectivity index (χ3n) is 4.56. The largest absolute Gasteiger partial charge is 0.309 e. The SMILES string of the molecule is CC[C@H](C)c1cccnc1NC(=O)C(C)(C)S(=O)(=O)c1ccc(Cl)cc1. The molecule has 5 nitrogen and oxygen atoms in total. The van der Waals surface area contributed by atoms with Gasteiger partial charge in [-0.2, -0.15) is 0 Å². The summed E-state index contributed by atoms with van der Waals surface area (Å²) in [5.41, 5.74) is 0.878. The van der Waals surface area contributed by atoms with E-state index in [0.717, 1.165) is 12.0 Å². The van der Waals surface area contributed by atoms with Crippen molar-refractivity contribution in [2.24, 2.45) is 0 Å². The molecule has 2 rings (SSSR count). The average molecular weight is 395 g/mol. The van der Waals surface area contributed by atoms with Crippen molar-refractivity contribution in [1.29, 1.82) is 0 Å². The molecule has 1 aromatic heterocycles. The summed E-state index contributed by atoms with van der Waals surface area (Å²) in [5.74, 6) is -0.0445. The standard InChI is InChI=1S/C19H23ClN2O3S/c1-5-13(2)16-7-6-12-21-17(16)22-18(23)19(3,4)26(24,25)15-10-8-14(20)9-11-15/h6-13H,5H2,1-4H3,(H,21,22,23)/t13-/m0/s1. The third-order valence-corrected chi connectivity index (χ3v) is 7.23. The average Bonchev–Trinajstić information content (AvgIpc) is 2.61. The highest BCUT2D eigenvalue weighted by atomic mass is 35.5. The van der Waals surface area contributed by atoms with Crippen LogP contribution in [0.2, 0.25) is 5.02 Å². The maximum absolute atomic E-state index is 12.9. The van der Waals surface area contributed by atoms with Crippen LogP contribution >= 0.6 is 11.6 Å². The van der Waals surface area contributed by atoms with E-state index in [1.54, 1.807) is 12.3 Å². The van der Waals surface area contributed by atoms with Gasteiger partial charge < -0.3 is 5.32 Å². The number of sulfone groups is 1. The summed E-state index contributed by atoms with van der Waals surface area (Å²) in [4.78, 5) is 17.1. The number of hydrogen-bond acceptors (Lipinski definition) is 4. The molecule has 7 heteroatoms. The fraction of sp³-hybridized carbons (Fsp3) is 0.368. The van der Waals surface area contributed by atoms with Gasteiger partial charge in [-0.25, -0.2) is 13.4 Å². The van der Waals surface area contributed by atoms with E-state index in [4.69, 9.17) is 11.6 Å². The van der Waals surface area contributed by atoms with Crippen LogP contribution in [0.4, 0.5) is 5.82 Å². The minimum Gasteiger partial charge on any atom is -0.309 e. The summed E-state index contributed by atoms with van der Waals surface area (Å²) < 4.78 is 24.2. The lowest BCUT2D eigenvalue weighted by molar-refractivity contribution is -0.117. The van der Waals surface area contributed by atoms with Gasteiger partial charge in [0.1, 0.15) is 10.6 Å². The lowest BCUT2D eigenvalue weighted by Crippen LogP contribution is -2.44. The lowest BCUT2D eigenvalue weighted by Gasteiger charge is -2.25. The number of amides is 1. The molecule has 0 unspecified atom stereocenters. The summed E-state index contributed by atoms with van der Waals surface area (Å²) in [6.07, 6.45) is 2.45. The van der Waals surface area contributed by atoms with Crippen LogP contribution in [0, 0.1) is 0 Å². The fourth-order valence-electron chi connectivity index (χ4n) is 2.43. The van der Waals surface area contributed by atoms with Crippen LogP contribution in [0.3, 0.4) is 0 Å². The number of hydrogen-bond donors (Lipinski definition) is 1. The maximum Gasteiger partial charge on any atom is 0.246 e. The van der Waals surface area contributed by atoms with E-state index in [9.17, 15) is 13.2 Å². The summed E-state index contributed by atoms with van der Waals surface area (Å²) in [6.45, 7) is 6.84. The van der Waals surface area contributed by atoms with Gasteiger partial charge in [0.15, 0.2) is 9.84 Å². The normalized spacial score (nSPS) is 13.3. The molecule has 1 heterocycles. The van der Waals surface area contributed by atoms with Crippen molar-refractivity contribution in [2.45, 2.75) is 49.7 Å². The van der Waals surface area contributed by atoms with Gasteiger partial charge in [0.25, 0.3) is 0 Å². The monoisotopic (exact) mass is 394 g/mol. The molecule has 1 amide bonds. The molecule has 1 atom stereocenters. The number of aromatic nitrogens is 1. The Kier molecular flexibility index (Phi) is 6.09. The molecule has 0 fully saturated rings. The van der Waals surface area contributed by atoms with Crippen LogP contribution in [0.25, 0.3) is 0 Å². The van der Waals surface area contributed by atoms with Gasteiger partial charge in [-0.05, 0) is 62.1 Å². The Morgan fingerprint density at radius 1 is 1.23 bits per heavy atom. The predicted octanol–water partition coefficient (Wildman–Crippen LogP) is 4.44. The molecule has 0 bridgehead atoms. The van der Waals surface area contributed by atoms with Crippen LogP contribution in [-0.4, -0.2) is 24.1 Å². The molecule has 0 spiro atoms. The quantitative estimate of drug-likeness (QED) is 0.785. The van der Waals surface area contributed by atoms with Crippen molar-refractivity contribution in [3.63, 3.8) is 0 Å². The van der Waals surface area contributed by atoms with Crippen molar-refractivity contribution in [1.82, 2.24) is 4.98 Å². The highest BCUT2D eigenvalue weighted by Crippen LogP contribution is 2.30. The zero-order valence-electron chi connectivity index (χ0n) is 15.3. The number of nitrogens with zero attached hydrogens (tertiary/aromatic N) is 1. The van der Waals surface area contributed by atoms with Crippen molar-refractivity contribution in [3.8, 4) is 0 Å². The summed E-state index contributed by atoms with van der Waals surface area (Å²) in [5, 5.41) is 3.13. The second kappa shape index (κ2) is 7.76. The molecule has 1 N–H and O–H groups in total. The number of carbonyl (C=O) groups is 1. The van der Waals surface area contributed by atoms with Gasteiger partial charge in [0.2, 0.25) is 5.91 Å². The van der Waals surface area contributed by atoms with E-state index < -0.39 is 20.5 Å². The molecule has 26 heavy (non-hydrogen) atoms. The molecular formula is C19H23ClN2O3S. The Morgan fingerprint density at radius 3 is 2.42 bits per heavy atom. The minimum atomic E-state index is -3.91.